The Labute approximate surface area is 185 Å². The van der Waals surface area contributed by atoms with Gasteiger partial charge < -0.3 is 0 Å². The van der Waals surface area contributed by atoms with Crippen LogP contribution in [0.2, 0.25) is 5.02 Å². The number of allylic oxidation sites excluding steroid dienone is 2. The van der Waals surface area contributed by atoms with E-state index in [9.17, 15) is 0 Å². The van der Waals surface area contributed by atoms with Crippen LogP contribution in [-0.4, -0.2) is 0 Å². The Hall–Kier alpha value is -2.57. The molecule has 0 N–H and O–H groups in total. The SMILES string of the molecule is CC(C)C1=Cc2c(Cl)cccc2C1.Cc1cccc(-c2cccc3c2C=CC3)c1C. The summed E-state index contributed by atoms with van der Waals surface area (Å²) in [5.41, 5.74) is 12.4. The van der Waals surface area contributed by atoms with Crippen molar-refractivity contribution in [2.75, 3.05) is 0 Å². The highest BCUT2D eigenvalue weighted by Crippen LogP contribution is 2.34. The molecule has 3 aromatic carbocycles. The van der Waals surface area contributed by atoms with E-state index in [1.807, 2.05) is 12.1 Å². The van der Waals surface area contributed by atoms with E-state index in [4.69, 9.17) is 11.6 Å². The highest BCUT2D eigenvalue weighted by Gasteiger charge is 2.16. The molecule has 5 rings (SSSR count). The van der Waals surface area contributed by atoms with Gasteiger partial charge >= 0.3 is 0 Å². The molecule has 152 valence electrons. The molecule has 0 radical (unpaired) electrons. The molecule has 0 bridgehead atoms. The predicted octanol–water partition coefficient (Wildman–Crippen LogP) is 8.48. The minimum Gasteiger partial charge on any atom is -0.0837 e. The third-order valence-electron chi connectivity index (χ3n) is 6.32. The van der Waals surface area contributed by atoms with Gasteiger partial charge in [0.05, 0.1) is 0 Å². The van der Waals surface area contributed by atoms with Gasteiger partial charge in [-0.05, 0) is 83.2 Å². The summed E-state index contributed by atoms with van der Waals surface area (Å²) in [5.74, 6) is 0.628. The molecule has 0 aromatic heterocycles. The molecule has 0 saturated carbocycles. The van der Waals surface area contributed by atoms with E-state index in [2.05, 4.69) is 88.4 Å². The Kier molecular flexibility index (Phi) is 5.97. The second kappa shape index (κ2) is 8.66. The zero-order valence-electron chi connectivity index (χ0n) is 18.3. The van der Waals surface area contributed by atoms with Gasteiger partial charge in [-0.3, -0.25) is 0 Å². The summed E-state index contributed by atoms with van der Waals surface area (Å²) in [6, 6.07) is 19.3. The van der Waals surface area contributed by atoms with Gasteiger partial charge in [0, 0.05) is 5.02 Å². The first kappa shape index (κ1) is 20.7. The van der Waals surface area contributed by atoms with Crippen molar-refractivity contribution in [3.05, 3.63) is 105 Å². The van der Waals surface area contributed by atoms with Gasteiger partial charge in [-0.1, -0.05) is 97.8 Å². The lowest BCUT2D eigenvalue weighted by atomic mass is 9.92. The molecule has 0 heterocycles. The van der Waals surface area contributed by atoms with E-state index in [0.717, 1.165) is 17.9 Å². The third kappa shape index (κ3) is 4.02. The lowest BCUT2D eigenvalue weighted by Gasteiger charge is -2.12. The van der Waals surface area contributed by atoms with Crippen LogP contribution in [0.3, 0.4) is 0 Å². The van der Waals surface area contributed by atoms with Crippen LogP contribution in [0.25, 0.3) is 23.3 Å². The number of rotatable bonds is 2. The van der Waals surface area contributed by atoms with E-state index >= 15 is 0 Å². The Morgan fingerprint density at radius 3 is 2.27 bits per heavy atom. The molecule has 2 aliphatic carbocycles. The van der Waals surface area contributed by atoms with Crippen molar-refractivity contribution in [2.45, 2.75) is 40.5 Å². The summed E-state index contributed by atoms with van der Waals surface area (Å²) in [6.07, 6.45) is 8.90. The molecule has 1 heteroatoms. The number of benzene rings is 3. The molecule has 0 atom stereocenters. The fourth-order valence-electron chi connectivity index (χ4n) is 4.29. The van der Waals surface area contributed by atoms with Crippen LogP contribution in [0.5, 0.6) is 0 Å². The standard InChI is InChI=1S/C17H16.C12H13Cl/c1-12-6-3-9-15(13(12)2)17-11-5-8-14-7-4-10-16(14)17;1-8(2)10-6-9-4-3-5-12(13)11(9)7-10/h3-6,8-11H,7H2,1-2H3;3-5,7-8H,6H2,1-2H3. The third-order valence-corrected chi connectivity index (χ3v) is 6.65. The van der Waals surface area contributed by atoms with Gasteiger partial charge in [0.25, 0.3) is 0 Å². The van der Waals surface area contributed by atoms with Crippen LogP contribution >= 0.6 is 11.6 Å². The number of hydrogen-bond donors (Lipinski definition) is 0. The van der Waals surface area contributed by atoms with Gasteiger partial charge in [0.1, 0.15) is 0 Å². The highest BCUT2D eigenvalue weighted by atomic mass is 35.5. The van der Waals surface area contributed by atoms with Crippen LogP contribution < -0.4 is 0 Å². The second-order valence-corrected chi connectivity index (χ2v) is 9.00. The number of hydrogen-bond acceptors (Lipinski definition) is 0. The first-order valence-corrected chi connectivity index (χ1v) is 11.2. The van der Waals surface area contributed by atoms with Crippen molar-refractivity contribution in [3.8, 4) is 11.1 Å². The first-order valence-electron chi connectivity index (χ1n) is 10.8. The quantitative estimate of drug-likeness (QED) is 0.395. The summed E-state index contributed by atoms with van der Waals surface area (Å²) in [7, 11) is 0. The first-order chi connectivity index (χ1) is 14.5. The Morgan fingerprint density at radius 1 is 0.800 bits per heavy atom. The van der Waals surface area contributed by atoms with Crippen LogP contribution in [0.4, 0.5) is 0 Å². The molecule has 3 aromatic rings. The Bertz CT molecular complexity index is 1150. The number of halogens is 1. The molecular weight excluding hydrogens is 384 g/mol. The van der Waals surface area contributed by atoms with Gasteiger partial charge in [0.2, 0.25) is 0 Å². The van der Waals surface area contributed by atoms with Crippen LogP contribution in [0.15, 0.2) is 66.2 Å². The molecule has 0 spiro atoms. The number of fused-ring (bicyclic) bond motifs is 2. The van der Waals surface area contributed by atoms with E-state index in [0.29, 0.717) is 5.92 Å². The minimum atomic E-state index is 0.628. The molecular formula is C29H29Cl. The topological polar surface area (TPSA) is 0 Å². The summed E-state index contributed by atoms with van der Waals surface area (Å²) >= 11 is 6.10. The van der Waals surface area contributed by atoms with Crippen molar-refractivity contribution < 1.29 is 0 Å². The van der Waals surface area contributed by atoms with Gasteiger partial charge in [-0.2, -0.15) is 0 Å². The van der Waals surface area contributed by atoms with Crippen LogP contribution in [0.1, 0.15) is 47.2 Å². The zero-order chi connectivity index (χ0) is 21.3. The maximum absolute atomic E-state index is 6.10. The van der Waals surface area contributed by atoms with Gasteiger partial charge in [-0.15, -0.1) is 0 Å². The molecule has 0 aliphatic heterocycles. The molecule has 0 nitrogen and oxygen atoms in total. The smallest absolute Gasteiger partial charge is 0.0481 e. The molecule has 0 saturated heterocycles. The fourth-order valence-corrected chi connectivity index (χ4v) is 4.54. The molecule has 30 heavy (non-hydrogen) atoms. The van der Waals surface area contributed by atoms with E-state index < -0.39 is 0 Å². The largest absolute Gasteiger partial charge is 0.0837 e. The average Bonchev–Trinajstić information content (AvgIpc) is 3.38. The second-order valence-electron chi connectivity index (χ2n) is 8.60. The van der Waals surface area contributed by atoms with E-state index in [-0.39, 0.29) is 0 Å². The molecule has 2 aliphatic rings. The van der Waals surface area contributed by atoms with Crippen molar-refractivity contribution in [1.82, 2.24) is 0 Å². The van der Waals surface area contributed by atoms with E-state index in [1.165, 1.54) is 50.1 Å². The van der Waals surface area contributed by atoms with E-state index in [1.54, 1.807) is 0 Å². The fraction of sp³-hybridized carbons (Fsp3) is 0.241. The molecule has 0 unspecified atom stereocenters. The Balaban J connectivity index is 0.000000151. The lowest BCUT2D eigenvalue weighted by Crippen LogP contribution is -1.92. The lowest BCUT2D eigenvalue weighted by molar-refractivity contribution is 0.754. The van der Waals surface area contributed by atoms with Crippen molar-refractivity contribution in [1.29, 1.82) is 0 Å². The predicted molar refractivity (Wildman–Crippen MR) is 132 cm³/mol. The maximum Gasteiger partial charge on any atom is 0.0481 e. The molecule has 0 amide bonds. The number of aryl methyl sites for hydroxylation is 1. The summed E-state index contributed by atoms with van der Waals surface area (Å²) < 4.78 is 0. The Morgan fingerprint density at radius 2 is 1.50 bits per heavy atom. The van der Waals surface area contributed by atoms with Crippen LogP contribution in [-0.2, 0) is 12.8 Å². The maximum atomic E-state index is 6.10. The summed E-state index contributed by atoms with van der Waals surface area (Å²) in [6.45, 7) is 8.85. The molecule has 0 fully saturated rings. The van der Waals surface area contributed by atoms with Crippen molar-refractivity contribution in [2.24, 2.45) is 5.92 Å². The van der Waals surface area contributed by atoms with Crippen LogP contribution in [0, 0.1) is 19.8 Å². The highest BCUT2D eigenvalue weighted by molar-refractivity contribution is 6.32. The normalized spacial score (nSPS) is 13.6. The summed E-state index contributed by atoms with van der Waals surface area (Å²) in [4.78, 5) is 0. The average molecular weight is 413 g/mol. The summed E-state index contributed by atoms with van der Waals surface area (Å²) in [5, 5.41) is 0.883. The van der Waals surface area contributed by atoms with Crippen molar-refractivity contribution >= 4 is 23.8 Å². The van der Waals surface area contributed by atoms with Crippen molar-refractivity contribution in [3.63, 3.8) is 0 Å². The zero-order valence-corrected chi connectivity index (χ0v) is 19.1. The van der Waals surface area contributed by atoms with Gasteiger partial charge in [-0.25, -0.2) is 0 Å². The monoisotopic (exact) mass is 412 g/mol. The van der Waals surface area contributed by atoms with Gasteiger partial charge in [0.15, 0.2) is 0 Å². The minimum absolute atomic E-state index is 0.628.